The van der Waals surface area contributed by atoms with Crippen LogP contribution < -0.4 is 4.74 Å². The fourth-order valence-corrected chi connectivity index (χ4v) is 6.97. The van der Waals surface area contributed by atoms with Crippen LogP contribution in [0.5, 0.6) is 5.75 Å². The average Bonchev–Trinajstić information content (AvgIpc) is 4.02. The number of carbonyl (C=O) groups is 1. The van der Waals surface area contributed by atoms with Crippen LogP contribution in [0.25, 0.3) is 11.1 Å². The molecule has 8 nitrogen and oxygen atoms in total. The van der Waals surface area contributed by atoms with E-state index in [0.717, 1.165) is 71.1 Å². The number of rotatable bonds is 19. The Morgan fingerprint density at radius 3 is 2.50 bits per heavy atom. The fraction of sp³-hybridized carbons (Fsp3) is 0.500. The molecule has 3 aromatic rings. The van der Waals surface area contributed by atoms with Gasteiger partial charge in [-0.2, -0.15) is 0 Å². The van der Waals surface area contributed by atoms with E-state index in [1.807, 2.05) is 30.6 Å². The number of aryl methyl sites for hydroxylation is 1. The molecule has 0 unspecified atom stereocenters. The lowest BCUT2D eigenvalue weighted by atomic mass is 9.85. The fourth-order valence-electron chi connectivity index (χ4n) is 5.85. The second-order valence-electron chi connectivity index (χ2n) is 12.6. The number of benzene rings is 2. The highest BCUT2D eigenvalue weighted by Crippen LogP contribution is 2.55. The summed E-state index contributed by atoms with van der Waals surface area (Å²) >= 11 is 8.33. The Labute approximate surface area is 279 Å². The second-order valence-corrected chi connectivity index (χ2v) is 14.2. The minimum Gasteiger partial charge on any atom is -0.490 e. The summed E-state index contributed by atoms with van der Waals surface area (Å²) in [6.45, 7) is -0.740. The van der Waals surface area contributed by atoms with Crippen LogP contribution in [0.2, 0.25) is 5.02 Å². The van der Waals surface area contributed by atoms with E-state index in [1.54, 1.807) is 11.8 Å². The number of pyridine rings is 1. The zero-order chi connectivity index (χ0) is 32.7. The summed E-state index contributed by atoms with van der Waals surface area (Å²) in [5.74, 6) is 1.63. The maximum absolute atomic E-state index is 12.3. The van der Waals surface area contributed by atoms with Gasteiger partial charge in [-0.05, 0) is 110 Å². The Hall–Kier alpha value is -2.50. The van der Waals surface area contributed by atoms with Crippen molar-refractivity contribution >= 4 is 29.1 Å². The number of thioether (sulfide) groups is 1. The number of ether oxygens (including phenoxy) is 1. The number of aliphatic hydroxyl groups excluding tert-OH is 5. The van der Waals surface area contributed by atoms with Gasteiger partial charge in [-0.25, -0.2) is 0 Å². The van der Waals surface area contributed by atoms with Crippen LogP contribution in [-0.2, 0) is 16.6 Å². The molecule has 2 aliphatic carbocycles. The van der Waals surface area contributed by atoms with Gasteiger partial charge in [-0.15, -0.1) is 11.8 Å². The molecular weight excluding hydrogens is 626 g/mol. The van der Waals surface area contributed by atoms with Gasteiger partial charge in [0.2, 0.25) is 0 Å². The van der Waals surface area contributed by atoms with E-state index in [9.17, 15) is 25.2 Å². The van der Waals surface area contributed by atoms with Gasteiger partial charge >= 0.3 is 0 Å². The summed E-state index contributed by atoms with van der Waals surface area (Å²) in [6, 6.07) is 16.5. The molecule has 0 radical (unpaired) electrons. The normalized spacial score (nSPS) is 18.0. The summed E-state index contributed by atoms with van der Waals surface area (Å²) in [4.78, 5) is 18.0. The van der Waals surface area contributed by atoms with Crippen molar-refractivity contribution in [3.63, 3.8) is 0 Å². The lowest BCUT2D eigenvalue weighted by molar-refractivity contribution is -0.125. The molecule has 1 heterocycles. The molecule has 2 fully saturated rings. The van der Waals surface area contributed by atoms with Crippen LogP contribution in [0.3, 0.4) is 0 Å². The lowest BCUT2D eigenvalue weighted by Crippen LogP contribution is -2.45. The van der Waals surface area contributed by atoms with Crippen LogP contribution in [0, 0.1) is 0 Å². The van der Waals surface area contributed by atoms with Crippen molar-refractivity contribution < 1.29 is 35.1 Å². The Balaban J connectivity index is 1.12. The van der Waals surface area contributed by atoms with Gasteiger partial charge < -0.3 is 30.3 Å². The summed E-state index contributed by atoms with van der Waals surface area (Å²) < 4.78 is 6.26. The zero-order valence-electron chi connectivity index (χ0n) is 25.9. The highest BCUT2D eigenvalue weighted by Gasteiger charge is 2.45. The molecule has 0 spiro atoms. The first-order valence-electron chi connectivity index (χ1n) is 16.2. The molecule has 46 heavy (non-hydrogen) atoms. The molecule has 248 valence electrons. The number of nitrogens with zero attached hydrogens (tertiary/aromatic N) is 1. The van der Waals surface area contributed by atoms with Crippen molar-refractivity contribution in [2.45, 2.75) is 105 Å². The van der Waals surface area contributed by atoms with Gasteiger partial charge in [0.05, 0.1) is 18.8 Å². The Kier molecular flexibility index (Phi) is 12.2. The number of hydrogen-bond acceptors (Lipinski definition) is 9. The van der Waals surface area contributed by atoms with E-state index in [2.05, 4.69) is 35.3 Å². The van der Waals surface area contributed by atoms with E-state index in [0.29, 0.717) is 18.9 Å². The van der Waals surface area contributed by atoms with E-state index in [1.165, 1.54) is 11.1 Å². The maximum Gasteiger partial charge on any atom is 0.133 e. The Morgan fingerprint density at radius 2 is 1.76 bits per heavy atom. The van der Waals surface area contributed by atoms with Gasteiger partial charge in [0.25, 0.3) is 0 Å². The number of para-hydroxylation sites is 1. The van der Waals surface area contributed by atoms with Crippen LogP contribution in [0.15, 0.2) is 65.8 Å². The highest BCUT2D eigenvalue weighted by atomic mass is 35.5. The average molecular weight is 670 g/mol. The summed E-state index contributed by atoms with van der Waals surface area (Å²) in [7, 11) is 0. The molecule has 0 bridgehead atoms. The Bertz CT molecular complexity index is 1460. The molecule has 0 aliphatic heterocycles. The molecule has 10 heteroatoms. The topological polar surface area (TPSA) is 140 Å². The predicted octanol–water partition coefficient (Wildman–Crippen LogP) is 5.27. The van der Waals surface area contributed by atoms with Crippen molar-refractivity contribution in [2.75, 3.05) is 12.4 Å². The van der Waals surface area contributed by atoms with Crippen molar-refractivity contribution in [2.24, 2.45) is 0 Å². The Morgan fingerprint density at radius 1 is 1.00 bits per heavy atom. The number of aromatic nitrogens is 1. The van der Waals surface area contributed by atoms with Gasteiger partial charge in [-0.3, -0.25) is 9.78 Å². The van der Waals surface area contributed by atoms with E-state index in [-0.39, 0.29) is 24.0 Å². The molecule has 0 amide bonds. The van der Waals surface area contributed by atoms with Crippen molar-refractivity contribution in [3.05, 3.63) is 77.1 Å². The number of hydrogen-bond donors (Lipinski definition) is 5. The van der Waals surface area contributed by atoms with Gasteiger partial charge in [0.1, 0.15) is 29.8 Å². The van der Waals surface area contributed by atoms with E-state index < -0.39 is 31.0 Å². The van der Waals surface area contributed by atoms with Crippen LogP contribution in [-0.4, -0.2) is 79.2 Å². The third-order valence-corrected chi connectivity index (χ3v) is 10.5. The van der Waals surface area contributed by atoms with Gasteiger partial charge in [0, 0.05) is 40.7 Å². The summed E-state index contributed by atoms with van der Waals surface area (Å²) in [6.07, 6.45) is 5.21. The third kappa shape index (κ3) is 9.10. The number of halogens is 1. The predicted molar refractivity (Wildman–Crippen MR) is 179 cm³/mol. The second kappa shape index (κ2) is 16.1. The minimum atomic E-state index is -1.69. The molecule has 5 N–H and O–H groups in total. The molecule has 0 saturated heterocycles. The van der Waals surface area contributed by atoms with Crippen molar-refractivity contribution in [1.82, 2.24) is 4.98 Å². The molecule has 2 aromatic carbocycles. The first kappa shape index (κ1) is 34.8. The summed E-state index contributed by atoms with van der Waals surface area (Å²) in [5.41, 5.74) is 4.76. The highest BCUT2D eigenvalue weighted by molar-refractivity contribution is 7.99. The zero-order valence-corrected chi connectivity index (χ0v) is 27.5. The SMILES string of the molecule is O=C(CCCSc1ccc(Cl)c(CCC2(c3cnccc3-c3ccccc3OC3CC3)CC2)c1)CC[C@H](O)[C@@H](O)[C@H](O)[C@H](O)CO. The molecule has 5 rings (SSSR count). The lowest BCUT2D eigenvalue weighted by Gasteiger charge is -2.25. The number of carbonyl (C=O) groups excluding carboxylic acids is 1. The van der Waals surface area contributed by atoms with E-state index in [4.69, 9.17) is 21.4 Å². The van der Waals surface area contributed by atoms with E-state index >= 15 is 0 Å². The molecule has 4 atom stereocenters. The van der Waals surface area contributed by atoms with Gasteiger partial charge in [-0.1, -0.05) is 29.8 Å². The smallest absolute Gasteiger partial charge is 0.133 e. The van der Waals surface area contributed by atoms with Crippen LogP contribution in [0.4, 0.5) is 0 Å². The van der Waals surface area contributed by atoms with Gasteiger partial charge in [0.15, 0.2) is 0 Å². The standard InChI is InChI=1S/C36H44ClNO7S/c37-30-11-10-26(46-19-3-4-24(40)7-12-31(41)34(43)35(44)32(42)22-39)20-23(30)13-15-36(16-17-36)29-21-38-18-14-27(29)28-5-1-2-6-33(28)45-25-8-9-25/h1-2,5-6,10-11,14,18,20-21,25,31-32,34-35,39,41-44H,3-4,7-9,12-13,15-17,19,22H2/t31-,32+,34+,35+/m0/s1. The first-order chi connectivity index (χ1) is 22.2. The molecule has 1 aromatic heterocycles. The summed E-state index contributed by atoms with van der Waals surface area (Å²) in [5, 5.41) is 48.8. The number of ketones is 1. The maximum atomic E-state index is 12.3. The van der Waals surface area contributed by atoms with Crippen LogP contribution >= 0.6 is 23.4 Å². The van der Waals surface area contributed by atoms with Crippen molar-refractivity contribution in [1.29, 1.82) is 0 Å². The molecule has 2 aliphatic rings. The largest absolute Gasteiger partial charge is 0.490 e. The molecular formula is C36H44ClNO7S. The van der Waals surface area contributed by atoms with Crippen LogP contribution in [0.1, 0.15) is 68.9 Å². The monoisotopic (exact) mass is 669 g/mol. The molecule has 2 saturated carbocycles. The third-order valence-electron chi connectivity index (χ3n) is 9.04. The van der Waals surface area contributed by atoms with Crippen molar-refractivity contribution in [3.8, 4) is 16.9 Å². The minimum absolute atomic E-state index is 0.0360. The number of aliphatic hydroxyl groups is 5. The first-order valence-corrected chi connectivity index (χ1v) is 17.5. The number of Topliss-reactive ketones (excluding diaryl/α,β-unsaturated/α-hetero) is 1. The quantitative estimate of drug-likeness (QED) is 0.0854.